The first-order valence-electron chi connectivity index (χ1n) is 8.38. The van der Waals surface area contributed by atoms with E-state index in [1.165, 1.54) is 23.5 Å². The van der Waals surface area contributed by atoms with E-state index in [0.29, 0.717) is 25.6 Å². The Labute approximate surface area is 148 Å². The number of hydrogen-bond acceptors (Lipinski definition) is 5. The van der Waals surface area contributed by atoms with Crippen molar-refractivity contribution in [3.05, 3.63) is 24.0 Å². The smallest absolute Gasteiger partial charge is 0.243 e. The van der Waals surface area contributed by atoms with Gasteiger partial charge in [0.2, 0.25) is 10.0 Å². The van der Waals surface area contributed by atoms with Crippen LogP contribution in [0.3, 0.4) is 0 Å². The molecule has 2 saturated heterocycles. The van der Waals surface area contributed by atoms with Gasteiger partial charge in [0.25, 0.3) is 0 Å². The van der Waals surface area contributed by atoms with Crippen LogP contribution in [0.2, 0.25) is 0 Å². The van der Waals surface area contributed by atoms with Gasteiger partial charge in [-0.05, 0) is 51.1 Å². The number of nitrogens with zero attached hydrogens (tertiary/aromatic N) is 2. The molecule has 0 radical (unpaired) electrons. The highest BCUT2D eigenvalue weighted by Gasteiger charge is 2.51. The lowest BCUT2D eigenvalue weighted by molar-refractivity contribution is -0.158. The lowest BCUT2D eigenvalue weighted by Gasteiger charge is -2.52. The zero-order valence-corrected chi connectivity index (χ0v) is 15.7. The molecule has 1 aromatic carbocycles. The van der Waals surface area contributed by atoms with E-state index in [9.17, 15) is 12.8 Å². The third-order valence-electron chi connectivity index (χ3n) is 4.95. The summed E-state index contributed by atoms with van der Waals surface area (Å²) in [4.78, 5) is 2.09. The predicted molar refractivity (Wildman–Crippen MR) is 91.7 cm³/mol. The Bertz CT molecular complexity index is 722. The zero-order chi connectivity index (χ0) is 18.2. The van der Waals surface area contributed by atoms with Crippen molar-refractivity contribution in [2.24, 2.45) is 5.92 Å². The van der Waals surface area contributed by atoms with Crippen LogP contribution in [0.25, 0.3) is 0 Å². The molecule has 0 bridgehead atoms. The lowest BCUT2D eigenvalue weighted by Crippen LogP contribution is -2.66. The standard InChI is InChI=1S/C17H25FN2O4S/c1-19(2)9-13-6-7-17(24-10-13)11-20(12-17)25(21,22)14-4-5-16(23-3)15(18)8-14/h4-5,8,13H,6-7,9-12H2,1-3H3/t13-/m1/s1. The Morgan fingerprint density at radius 1 is 1.40 bits per heavy atom. The molecule has 2 heterocycles. The summed E-state index contributed by atoms with van der Waals surface area (Å²) < 4.78 is 51.3. The van der Waals surface area contributed by atoms with Gasteiger partial charge in [-0.1, -0.05) is 0 Å². The van der Waals surface area contributed by atoms with E-state index in [1.807, 2.05) is 14.1 Å². The summed E-state index contributed by atoms with van der Waals surface area (Å²) in [6, 6.07) is 3.71. The second-order valence-corrected chi connectivity index (χ2v) is 9.17. The topological polar surface area (TPSA) is 59.1 Å². The van der Waals surface area contributed by atoms with Crippen LogP contribution in [-0.2, 0) is 14.8 Å². The second-order valence-electron chi connectivity index (χ2n) is 7.23. The van der Waals surface area contributed by atoms with Gasteiger partial charge in [-0.15, -0.1) is 0 Å². The van der Waals surface area contributed by atoms with Crippen molar-refractivity contribution < 1.29 is 22.3 Å². The van der Waals surface area contributed by atoms with Gasteiger partial charge < -0.3 is 14.4 Å². The van der Waals surface area contributed by atoms with Crippen molar-refractivity contribution >= 4 is 10.0 Å². The fourth-order valence-corrected chi connectivity index (χ4v) is 5.15. The minimum absolute atomic E-state index is 0.0292. The molecule has 0 amide bonds. The lowest BCUT2D eigenvalue weighted by atomic mass is 9.84. The van der Waals surface area contributed by atoms with E-state index < -0.39 is 15.8 Å². The molecule has 6 nitrogen and oxygen atoms in total. The van der Waals surface area contributed by atoms with Gasteiger partial charge in [0.15, 0.2) is 11.6 Å². The van der Waals surface area contributed by atoms with Crippen LogP contribution in [0.4, 0.5) is 4.39 Å². The van der Waals surface area contributed by atoms with Crippen LogP contribution < -0.4 is 4.74 Å². The van der Waals surface area contributed by atoms with E-state index >= 15 is 0 Å². The normalized spacial score (nSPS) is 23.6. The zero-order valence-electron chi connectivity index (χ0n) is 14.9. The molecule has 8 heteroatoms. The summed E-state index contributed by atoms with van der Waals surface area (Å²) in [6.45, 7) is 2.29. The van der Waals surface area contributed by atoms with Crippen LogP contribution in [0, 0.1) is 11.7 Å². The number of halogens is 1. The maximum atomic E-state index is 13.8. The molecular weight excluding hydrogens is 347 g/mol. The molecule has 1 aromatic rings. The van der Waals surface area contributed by atoms with Crippen molar-refractivity contribution in [3.63, 3.8) is 0 Å². The number of methoxy groups -OCH3 is 1. The van der Waals surface area contributed by atoms with Gasteiger partial charge in [-0.3, -0.25) is 0 Å². The maximum absolute atomic E-state index is 13.8. The number of ether oxygens (including phenoxy) is 2. The highest BCUT2D eigenvalue weighted by molar-refractivity contribution is 7.89. The summed E-state index contributed by atoms with van der Waals surface area (Å²) in [5, 5.41) is 0. The molecule has 0 N–H and O–H groups in total. The Kier molecular flexibility index (Phi) is 5.07. The fourth-order valence-electron chi connectivity index (χ4n) is 3.55. The SMILES string of the molecule is COc1ccc(S(=O)(=O)N2CC3(CC[C@H](CN(C)C)CO3)C2)cc1F. The molecule has 3 rings (SSSR count). The molecular formula is C17H25FN2O4S. The average molecular weight is 372 g/mol. The third kappa shape index (κ3) is 3.67. The first-order valence-corrected chi connectivity index (χ1v) is 9.82. The first-order chi connectivity index (χ1) is 11.8. The van der Waals surface area contributed by atoms with E-state index in [1.54, 1.807) is 0 Å². The van der Waals surface area contributed by atoms with Crippen molar-refractivity contribution in [2.75, 3.05) is 47.4 Å². The largest absolute Gasteiger partial charge is 0.494 e. The molecule has 2 fully saturated rings. The molecule has 140 valence electrons. The second kappa shape index (κ2) is 6.83. The quantitative estimate of drug-likeness (QED) is 0.785. The van der Waals surface area contributed by atoms with E-state index in [-0.39, 0.29) is 16.2 Å². The fraction of sp³-hybridized carbons (Fsp3) is 0.647. The number of sulfonamides is 1. The average Bonchev–Trinajstić information content (AvgIpc) is 2.53. The van der Waals surface area contributed by atoms with Gasteiger partial charge >= 0.3 is 0 Å². The van der Waals surface area contributed by atoms with Crippen molar-refractivity contribution in [2.45, 2.75) is 23.3 Å². The minimum Gasteiger partial charge on any atom is -0.494 e. The van der Waals surface area contributed by atoms with Crippen molar-refractivity contribution in [1.82, 2.24) is 9.21 Å². The van der Waals surface area contributed by atoms with Gasteiger partial charge in [0, 0.05) is 19.6 Å². The highest BCUT2D eigenvalue weighted by atomic mass is 32.2. The summed E-state index contributed by atoms with van der Waals surface area (Å²) in [5.41, 5.74) is -0.374. The Balaban J connectivity index is 1.63. The monoisotopic (exact) mass is 372 g/mol. The highest BCUT2D eigenvalue weighted by Crippen LogP contribution is 2.39. The van der Waals surface area contributed by atoms with Crippen LogP contribution in [0.5, 0.6) is 5.75 Å². The molecule has 0 aromatic heterocycles. The molecule has 2 aliphatic heterocycles. The van der Waals surface area contributed by atoms with Gasteiger partial charge in [0.1, 0.15) is 0 Å². The number of benzene rings is 1. The summed E-state index contributed by atoms with van der Waals surface area (Å²) >= 11 is 0. The molecule has 0 aliphatic carbocycles. The van der Waals surface area contributed by atoms with Gasteiger partial charge in [-0.25, -0.2) is 12.8 Å². The molecule has 0 saturated carbocycles. The molecule has 25 heavy (non-hydrogen) atoms. The van der Waals surface area contributed by atoms with Gasteiger partial charge in [-0.2, -0.15) is 4.31 Å². The summed E-state index contributed by atoms with van der Waals surface area (Å²) in [7, 11) is 1.71. The van der Waals surface area contributed by atoms with Crippen LogP contribution >= 0.6 is 0 Å². The number of rotatable bonds is 5. The first kappa shape index (κ1) is 18.6. The molecule has 0 unspecified atom stereocenters. The minimum atomic E-state index is -3.71. The molecule has 1 spiro atoms. The summed E-state index contributed by atoms with van der Waals surface area (Å²) in [5.74, 6) is -0.164. The summed E-state index contributed by atoms with van der Waals surface area (Å²) in [6.07, 6.45) is 1.89. The van der Waals surface area contributed by atoms with Crippen LogP contribution in [0.15, 0.2) is 23.1 Å². The van der Waals surface area contributed by atoms with Crippen molar-refractivity contribution in [1.29, 1.82) is 0 Å². The Morgan fingerprint density at radius 2 is 2.12 bits per heavy atom. The van der Waals surface area contributed by atoms with E-state index in [4.69, 9.17) is 9.47 Å². The van der Waals surface area contributed by atoms with Crippen LogP contribution in [0.1, 0.15) is 12.8 Å². The van der Waals surface area contributed by atoms with Gasteiger partial charge in [0.05, 0.1) is 24.2 Å². The third-order valence-corrected chi connectivity index (χ3v) is 6.73. The Morgan fingerprint density at radius 3 is 2.64 bits per heavy atom. The number of hydrogen-bond donors (Lipinski definition) is 0. The van der Waals surface area contributed by atoms with E-state index in [0.717, 1.165) is 25.5 Å². The maximum Gasteiger partial charge on any atom is 0.243 e. The van der Waals surface area contributed by atoms with Crippen LogP contribution in [-0.4, -0.2) is 70.7 Å². The molecule has 2 aliphatic rings. The predicted octanol–water partition coefficient (Wildman–Crippen LogP) is 1.57. The van der Waals surface area contributed by atoms with E-state index in [2.05, 4.69) is 4.90 Å². The van der Waals surface area contributed by atoms with Crippen molar-refractivity contribution in [3.8, 4) is 5.75 Å². The Hall–Kier alpha value is -1.22. The molecule has 1 atom stereocenters.